The van der Waals surface area contributed by atoms with Crippen molar-refractivity contribution in [1.29, 1.82) is 0 Å². The third-order valence-corrected chi connectivity index (χ3v) is 4.12. The van der Waals surface area contributed by atoms with Gasteiger partial charge in [0, 0.05) is 11.8 Å². The van der Waals surface area contributed by atoms with Gasteiger partial charge in [0.15, 0.2) is 6.29 Å². The highest BCUT2D eigenvalue weighted by Gasteiger charge is 2.20. The van der Waals surface area contributed by atoms with Crippen LogP contribution in [-0.2, 0) is 11.4 Å². The number of anilines is 1. The predicted molar refractivity (Wildman–Crippen MR) is 70.0 cm³/mol. The Morgan fingerprint density at radius 3 is 2.94 bits per heavy atom. The van der Waals surface area contributed by atoms with Gasteiger partial charge in [0.1, 0.15) is 16.2 Å². The van der Waals surface area contributed by atoms with Crippen LogP contribution in [0.3, 0.4) is 0 Å². The average molecular weight is 291 g/mol. The molecule has 17 heavy (non-hydrogen) atoms. The van der Waals surface area contributed by atoms with Crippen LogP contribution in [0.5, 0.6) is 0 Å². The van der Waals surface area contributed by atoms with Crippen molar-refractivity contribution in [3.05, 3.63) is 26.7 Å². The summed E-state index contributed by atoms with van der Waals surface area (Å²) in [6, 6.07) is 1.73. The Balaban J connectivity index is 2.37. The number of carbonyl (C=O) groups is 1. The summed E-state index contributed by atoms with van der Waals surface area (Å²) in [7, 11) is 0. The Bertz CT molecular complexity index is 510. The van der Waals surface area contributed by atoms with Crippen molar-refractivity contribution in [2.24, 2.45) is 4.99 Å². The van der Waals surface area contributed by atoms with Crippen molar-refractivity contribution in [2.75, 3.05) is 11.6 Å². The van der Waals surface area contributed by atoms with E-state index in [9.17, 15) is 4.79 Å². The predicted octanol–water partition coefficient (Wildman–Crippen LogP) is 2.39. The molecule has 1 aliphatic heterocycles. The molecule has 0 aliphatic carbocycles. The lowest BCUT2D eigenvalue weighted by Gasteiger charge is -2.23. The first kappa shape index (κ1) is 12.6. The molecule has 1 N–H and O–H groups in total. The standard InChI is InChI=1S/C10H8Cl2N2O2S/c11-9-7(4-16)2-13-5-14(9)8-1-6(3-15)10(12)17-8/h1-2,4,15H,3,5H2. The van der Waals surface area contributed by atoms with Crippen LogP contribution < -0.4 is 4.90 Å². The zero-order chi connectivity index (χ0) is 12.4. The molecule has 2 heterocycles. The van der Waals surface area contributed by atoms with Crippen LogP contribution >= 0.6 is 34.5 Å². The molecule has 0 fully saturated rings. The fourth-order valence-electron chi connectivity index (χ4n) is 1.37. The summed E-state index contributed by atoms with van der Waals surface area (Å²) in [4.78, 5) is 16.5. The molecule has 0 aromatic carbocycles. The molecule has 4 nitrogen and oxygen atoms in total. The zero-order valence-electron chi connectivity index (χ0n) is 8.56. The summed E-state index contributed by atoms with van der Waals surface area (Å²) >= 11 is 13.3. The normalized spacial score (nSPS) is 15.6. The molecule has 0 saturated heterocycles. The number of aliphatic imine (C=N–C) groups is 1. The number of hydrogen-bond donors (Lipinski definition) is 1. The van der Waals surface area contributed by atoms with Gasteiger partial charge >= 0.3 is 0 Å². The zero-order valence-corrected chi connectivity index (χ0v) is 10.9. The summed E-state index contributed by atoms with van der Waals surface area (Å²) in [6.07, 6.45) is 2.09. The lowest BCUT2D eigenvalue weighted by Crippen LogP contribution is -2.24. The topological polar surface area (TPSA) is 52.9 Å². The van der Waals surface area contributed by atoms with Crippen molar-refractivity contribution < 1.29 is 9.90 Å². The Labute approximate surface area is 112 Å². The second kappa shape index (κ2) is 5.18. The van der Waals surface area contributed by atoms with Crippen LogP contribution in [0.1, 0.15) is 5.56 Å². The van der Waals surface area contributed by atoms with Crippen molar-refractivity contribution in [2.45, 2.75) is 6.61 Å². The largest absolute Gasteiger partial charge is 0.392 e. The van der Waals surface area contributed by atoms with Gasteiger partial charge in [-0.15, -0.1) is 11.3 Å². The van der Waals surface area contributed by atoms with Crippen LogP contribution in [-0.4, -0.2) is 24.3 Å². The number of allylic oxidation sites excluding steroid dienone is 1. The van der Waals surface area contributed by atoms with Crippen LogP contribution in [0.4, 0.5) is 5.00 Å². The van der Waals surface area contributed by atoms with Gasteiger partial charge in [0.2, 0.25) is 0 Å². The van der Waals surface area contributed by atoms with Gasteiger partial charge in [0.25, 0.3) is 0 Å². The molecule has 0 radical (unpaired) electrons. The molecule has 0 unspecified atom stereocenters. The number of thiophene rings is 1. The number of rotatable bonds is 3. The van der Waals surface area contributed by atoms with Crippen LogP contribution in [0.15, 0.2) is 21.8 Å². The number of carbonyl (C=O) groups excluding carboxylic acids is 1. The molecule has 0 saturated carbocycles. The number of aldehydes is 1. The summed E-state index contributed by atoms with van der Waals surface area (Å²) in [6.45, 7) is 0.201. The summed E-state index contributed by atoms with van der Waals surface area (Å²) in [5.74, 6) is 0. The van der Waals surface area contributed by atoms with Crippen molar-refractivity contribution in [1.82, 2.24) is 0 Å². The van der Waals surface area contributed by atoms with Gasteiger partial charge in [-0.3, -0.25) is 9.79 Å². The number of hydrogen-bond acceptors (Lipinski definition) is 5. The fourth-order valence-corrected chi connectivity index (χ4v) is 2.91. The number of halogens is 2. The molecule has 0 bridgehead atoms. The van der Waals surface area contributed by atoms with E-state index in [1.807, 2.05) is 0 Å². The lowest BCUT2D eigenvalue weighted by atomic mass is 10.3. The average Bonchev–Trinajstić information content (AvgIpc) is 2.70. The molecule has 90 valence electrons. The van der Waals surface area contributed by atoms with E-state index < -0.39 is 0 Å². The Hall–Kier alpha value is -0.880. The van der Waals surface area contributed by atoms with E-state index in [0.29, 0.717) is 33.6 Å². The molecule has 1 aromatic heterocycles. The van der Waals surface area contributed by atoms with E-state index in [4.69, 9.17) is 28.3 Å². The highest BCUT2D eigenvalue weighted by atomic mass is 35.5. The summed E-state index contributed by atoms with van der Waals surface area (Å²) in [5.41, 5.74) is 0.964. The Kier molecular flexibility index (Phi) is 3.83. The van der Waals surface area contributed by atoms with Crippen LogP contribution in [0.25, 0.3) is 0 Å². The quantitative estimate of drug-likeness (QED) is 0.687. The third kappa shape index (κ3) is 2.37. The maximum Gasteiger partial charge on any atom is 0.154 e. The number of nitrogens with zero attached hydrogens (tertiary/aromatic N) is 2. The van der Waals surface area contributed by atoms with Gasteiger partial charge in [-0.2, -0.15) is 0 Å². The SMILES string of the molecule is O=CC1=C(Cl)N(c2cc(CO)c(Cl)s2)CN=C1. The molecule has 0 atom stereocenters. The minimum Gasteiger partial charge on any atom is -0.392 e. The minimum absolute atomic E-state index is 0.131. The van der Waals surface area contributed by atoms with Crippen LogP contribution in [0.2, 0.25) is 4.34 Å². The van der Waals surface area contributed by atoms with E-state index in [1.54, 1.807) is 11.0 Å². The molecule has 0 amide bonds. The first-order chi connectivity index (χ1) is 8.17. The van der Waals surface area contributed by atoms with Crippen molar-refractivity contribution in [3.8, 4) is 0 Å². The lowest BCUT2D eigenvalue weighted by molar-refractivity contribution is -0.104. The first-order valence-corrected chi connectivity index (χ1v) is 6.26. The van der Waals surface area contributed by atoms with Crippen molar-refractivity contribution in [3.63, 3.8) is 0 Å². The fraction of sp³-hybridized carbons (Fsp3) is 0.200. The van der Waals surface area contributed by atoms with E-state index in [2.05, 4.69) is 4.99 Å². The van der Waals surface area contributed by atoms with E-state index >= 15 is 0 Å². The van der Waals surface area contributed by atoms with Gasteiger partial charge in [-0.25, -0.2) is 0 Å². The second-order valence-electron chi connectivity index (χ2n) is 3.29. The van der Waals surface area contributed by atoms with Gasteiger partial charge < -0.3 is 10.0 Å². The number of aliphatic hydroxyl groups is 1. The van der Waals surface area contributed by atoms with E-state index in [-0.39, 0.29) is 6.61 Å². The van der Waals surface area contributed by atoms with Gasteiger partial charge in [-0.05, 0) is 6.07 Å². The summed E-state index contributed by atoms with van der Waals surface area (Å²) in [5, 5.41) is 10.1. The van der Waals surface area contributed by atoms with Gasteiger partial charge in [-0.1, -0.05) is 23.2 Å². The molecular formula is C10H8Cl2N2O2S. The monoisotopic (exact) mass is 290 g/mol. The maximum atomic E-state index is 10.8. The summed E-state index contributed by atoms with van der Waals surface area (Å²) < 4.78 is 0.508. The van der Waals surface area contributed by atoms with Gasteiger partial charge in [0.05, 0.1) is 17.2 Å². The molecule has 2 rings (SSSR count). The van der Waals surface area contributed by atoms with E-state index in [0.717, 1.165) is 5.00 Å². The van der Waals surface area contributed by atoms with Crippen LogP contribution in [0, 0.1) is 0 Å². The molecule has 1 aliphatic rings. The number of aliphatic hydroxyl groups excluding tert-OH is 1. The molecule has 1 aromatic rings. The molecular weight excluding hydrogens is 283 g/mol. The van der Waals surface area contributed by atoms with Crippen molar-refractivity contribution >= 4 is 52.0 Å². The third-order valence-electron chi connectivity index (χ3n) is 2.24. The first-order valence-electron chi connectivity index (χ1n) is 4.68. The minimum atomic E-state index is -0.131. The maximum absolute atomic E-state index is 10.8. The highest BCUT2D eigenvalue weighted by molar-refractivity contribution is 7.20. The Morgan fingerprint density at radius 2 is 2.35 bits per heavy atom. The second-order valence-corrected chi connectivity index (χ2v) is 5.28. The Morgan fingerprint density at radius 1 is 1.59 bits per heavy atom. The van der Waals surface area contributed by atoms with E-state index in [1.165, 1.54) is 17.6 Å². The molecule has 7 heteroatoms. The molecule has 0 spiro atoms. The smallest absolute Gasteiger partial charge is 0.154 e. The highest BCUT2D eigenvalue weighted by Crippen LogP contribution is 2.37.